The normalized spacial score (nSPS) is 16.3. The Kier molecular flexibility index (Phi) is 10.3. The minimum absolute atomic E-state index is 0.0397. The maximum Gasteiger partial charge on any atom is 0.338 e. The zero-order chi connectivity index (χ0) is 27.3. The molecule has 196 valence electrons. The SMILES string of the molecule is C#C[C@@](O)(COC(=O)c1ccccc1)/C(F)=C\[C@H](CO[Si](C)(C)C(C)(C)C)O[Si](C)(C)C(C)(C)C. The van der Waals surface area contributed by atoms with Crippen molar-refractivity contribution >= 4 is 22.6 Å². The van der Waals surface area contributed by atoms with Crippen molar-refractivity contribution in [1.82, 2.24) is 0 Å². The molecule has 1 aromatic carbocycles. The fourth-order valence-electron chi connectivity index (χ4n) is 2.49. The molecule has 5 nitrogen and oxygen atoms in total. The third-order valence-electron chi connectivity index (χ3n) is 7.05. The molecular formula is C27H43FO5Si2. The summed E-state index contributed by atoms with van der Waals surface area (Å²) in [5.41, 5.74) is -2.14. The Labute approximate surface area is 213 Å². The summed E-state index contributed by atoms with van der Waals surface area (Å²) in [6.07, 6.45) is 5.88. The first-order chi connectivity index (χ1) is 15.8. The number of rotatable bonds is 10. The maximum atomic E-state index is 15.4. The third kappa shape index (κ3) is 8.69. The van der Waals surface area contributed by atoms with E-state index in [0.717, 1.165) is 0 Å². The van der Waals surface area contributed by atoms with Crippen molar-refractivity contribution in [3.05, 3.63) is 47.8 Å². The average Bonchev–Trinajstić information content (AvgIpc) is 2.74. The number of hydrogen-bond acceptors (Lipinski definition) is 5. The summed E-state index contributed by atoms with van der Waals surface area (Å²) < 4.78 is 33.4. The highest BCUT2D eigenvalue weighted by molar-refractivity contribution is 6.74. The first-order valence-electron chi connectivity index (χ1n) is 11.9. The standard InChI is InChI=1S/C27H43FO5Si2/c1-12-27(30,20-31-24(29)21-16-14-13-15-17-21)23(28)18-22(33-35(10,11)26(5,6)7)19-32-34(8,9)25(2,3)4/h1,13-18,22,30H,19-20H2,2-11H3/b23-18+/t22-,27-/m1/s1. The van der Waals surface area contributed by atoms with E-state index in [1.165, 1.54) is 6.08 Å². The Hall–Kier alpha value is -1.77. The lowest BCUT2D eigenvalue weighted by molar-refractivity contribution is 0.00661. The number of terminal acetylenes is 1. The number of hydrogen-bond donors (Lipinski definition) is 1. The van der Waals surface area contributed by atoms with E-state index in [1.807, 2.05) is 5.92 Å². The van der Waals surface area contributed by atoms with E-state index in [9.17, 15) is 9.90 Å². The summed E-state index contributed by atoms with van der Waals surface area (Å²) in [6, 6.07) is 8.23. The van der Waals surface area contributed by atoms with Gasteiger partial charge in [0.2, 0.25) is 5.60 Å². The van der Waals surface area contributed by atoms with Gasteiger partial charge < -0.3 is 18.7 Å². The third-order valence-corrected chi connectivity index (χ3v) is 16.1. The van der Waals surface area contributed by atoms with Crippen molar-refractivity contribution in [3.63, 3.8) is 0 Å². The number of esters is 1. The second-order valence-electron chi connectivity index (χ2n) is 11.9. The molecule has 0 unspecified atom stereocenters. The zero-order valence-electron chi connectivity index (χ0n) is 23.0. The van der Waals surface area contributed by atoms with E-state index < -0.39 is 46.7 Å². The van der Waals surface area contributed by atoms with Gasteiger partial charge in [0.25, 0.3) is 0 Å². The molecule has 0 radical (unpaired) electrons. The Morgan fingerprint density at radius 1 is 1.06 bits per heavy atom. The van der Waals surface area contributed by atoms with Crippen molar-refractivity contribution in [2.45, 2.75) is 89.5 Å². The molecule has 0 fully saturated rings. The molecule has 35 heavy (non-hydrogen) atoms. The molecule has 0 saturated heterocycles. The topological polar surface area (TPSA) is 65.0 Å². The Morgan fingerprint density at radius 2 is 1.57 bits per heavy atom. The van der Waals surface area contributed by atoms with Crippen LogP contribution >= 0.6 is 0 Å². The van der Waals surface area contributed by atoms with E-state index in [-0.39, 0.29) is 22.2 Å². The van der Waals surface area contributed by atoms with Gasteiger partial charge in [-0.2, -0.15) is 0 Å². The van der Waals surface area contributed by atoms with Crippen LogP contribution in [-0.2, 0) is 13.6 Å². The molecule has 2 atom stereocenters. The van der Waals surface area contributed by atoms with E-state index in [0.29, 0.717) is 0 Å². The van der Waals surface area contributed by atoms with Crippen LogP contribution in [0.25, 0.3) is 0 Å². The van der Waals surface area contributed by atoms with Gasteiger partial charge >= 0.3 is 5.97 Å². The average molecular weight is 523 g/mol. The summed E-state index contributed by atoms with van der Waals surface area (Å²) in [5.74, 6) is 0.322. The second-order valence-corrected chi connectivity index (χ2v) is 21.5. The van der Waals surface area contributed by atoms with Gasteiger partial charge in [-0.05, 0) is 54.5 Å². The minimum atomic E-state index is -2.42. The van der Waals surface area contributed by atoms with E-state index in [2.05, 4.69) is 67.7 Å². The lowest BCUT2D eigenvalue weighted by atomic mass is 10.0. The van der Waals surface area contributed by atoms with Crippen LogP contribution in [0.2, 0.25) is 36.3 Å². The highest BCUT2D eigenvalue weighted by Gasteiger charge is 2.42. The van der Waals surface area contributed by atoms with Gasteiger partial charge in [0.15, 0.2) is 16.6 Å². The van der Waals surface area contributed by atoms with E-state index >= 15 is 4.39 Å². The Bertz CT molecular complexity index is 924. The molecule has 0 saturated carbocycles. The quantitative estimate of drug-likeness (QED) is 0.217. The predicted molar refractivity (Wildman–Crippen MR) is 145 cm³/mol. The lowest BCUT2D eigenvalue weighted by Gasteiger charge is -2.41. The molecule has 0 amide bonds. The molecule has 8 heteroatoms. The number of aliphatic hydroxyl groups is 1. The van der Waals surface area contributed by atoms with Crippen LogP contribution in [0.3, 0.4) is 0 Å². The molecule has 0 aliphatic carbocycles. The van der Waals surface area contributed by atoms with Crippen LogP contribution in [0.4, 0.5) is 4.39 Å². The molecule has 0 aliphatic heterocycles. The lowest BCUT2D eigenvalue weighted by Crippen LogP contribution is -2.47. The van der Waals surface area contributed by atoms with Gasteiger partial charge in [0.05, 0.1) is 18.3 Å². The molecule has 0 spiro atoms. The summed E-state index contributed by atoms with van der Waals surface area (Å²) in [6.45, 7) is 20.4. The molecule has 0 aliphatic rings. The molecule has 0 bridgehead atoms. The van der Waals surface area contributed by atoms with Gasteiger partial charge in [-0.25, -0.2) is 9.18 Å². The number of halogens is 1. The van der Waals surface area contributed by atoms with Crippen molar-refractivity contribution in [2.75, 3.05) is 13.2 Å². The Balaban J connectivity index is 3.19. The maximum absolute atomic E-state index is 15.4. The highest BCUT2D eigenvalue weighted by atomic mass is 28.4. The monoisotopic (exact) mass is 522 g/mol. The Morgan fingerprint density at radius 3 is 2.03 bits per heavy atom. The van der Waals surface area contributed by atoms with Gasteiger partial charge in [0.1, 0.15) is 12.4 Å². The first kappa shape index (κ1) is 31.3. The van der Waals surface area contributed by atoms with Gasteiger partial charge in [-0.3, -0.25) is 0 Å². The van der Waals surface area contributed by atoms with Crippen molar-refractivity contribution in [2.24, 2.45) is 0 Å². The fraction of sp³-hybridized carbons (Fsp3) is 0.593. The molecule has 1 aromatic rings. The zero-order valence-corrected chi connectivity index (χ0v) is 25.0. The van der Waals surface area contributed by atoms with Crippen molar-refractivity contribution < 1.29 is 27.9 Å². The molecule has 1 rings (SSSR count). The van der Waals surface area contributed by atoms with E-state index in [1.54, 1.807) is 30.3 Å². The van der Waals surface area contributed by atoms with Crippen molar-refractivity contribution in [1.29, 1.82) is 0 Å². The predicted octanol–water partition coefficient (Wildman–Crippen LogP) is 6.47. The summed E-state index contributed by atoms with van der Waals surface area (Å²) in [7, 11) is -4.47. The van der Waals surface area contributed by atoms with Crippen LogP contribution in [0.1, 0.15) is 51.9 Å². The minimum Gasteiger partial charge on any atom is -0.457 e. The molecular weight excluding hydrogens is 479 g/mol. The molecule has 1 N–H and O–H groups in total. The number of ether oxygens (including phenoxy) is 1. The van der Waals surface area contributed by atoms with Crippen molar-refractivity contribution in [3.8, 4) is 12.3 Å². The van der Waals surface area contributed by atoms with Gasteiger partial charge in [0, 0.05) is 0 Å². The summed E-state index contributed by atoms with van der Waals surface area (Å²) >= 11 is 0. The number of carbonyl (C=O) groups excluding carboxylic acids is 1. The molecule has 0 heterocycles. The van der Waals surface area contributed by atoms with Crippen LogP contribution in [-0.4, -0.2) is 52.6 Å². The number of benzene rings is 1. The summed E-state index contributed by atoms with van der Waals surface area (Å²) in [5, 5.41) is 10.7. The van der Waals surface area contributed by atoms with Crippen LogP contribution in [0.5, 0.6) is 0 Å². The first-order valence-corrected chi connectivity index (χ1v) is 17.7. The highest BCUT2D eigenvalue weighted by Crippen LogP contribution is 2.39. The van der Waals surface area contributed by atoms with Crippen LogP contribution in [0, 0.1) is 12.3 Å². The van der Waals surface area contributed by atoms with Crippen LogP contribution in [0.15, 0.2) is 42.2 Å². The number of carbonyl (C=O) groups is 1. The van der Waals surface area contributed by atoms with E-state index in [4.69, 9.17) is 20.0 Å². The smallest absolute Gasteiger partial charge is 0.338 e. The second kappa shape index (κ2) is 11.5. The summed E-state index contributed by atoms with van der Waals surface area (Å²) in [4.78, 5) is 12.3. The largest absolute Gasteiger partial charge is 0.457 e. The van der Waals surface area contributed by atoms with Gasteiger partial charge in [-0.15, -0.1) is 6.42 Å². The fourth-order valence-corrected chi connectivity index (χ4v) is 4.75. The van der Waals surface area contributed by atoms with Crippen LogP contribution < -0.4 is 0 Å². The van der Waals surface area contributed by atoms with Gasteiger partial charge in [-0.1, -0.05) is 65.7 Å². The molecule has 0 aromatic heterocycles.